The predicted molar refractivity (Wildman–Crippen MR) is 111 cm³/mol. The molecule has 8 nitrogen and oxygen atoms in total. The molecule has 0 saturated carbocycles. The summed E-state index contributed by atoms with van der Waals surface area (Å²) in [6.07, 6.45) is 2.84. The Labute approximate surface area is 167 Å². The Balaban J connectivity index is 1.57. The summed E-state index contributed by atoms with van der Waals surface area (Å²) in [4.78, 5) is 29.9. The predicted octanol–water partition coefficient (Wildman–Crippen LogP) is 3.39. The molecular weight excluding hydrogens is 372 g/mol. The van der Waals surface area contributed by atoms with Crippen LogP contribution in [0, 0.1) is 0 Å². The molecule has 0 spiro atoms. The summed E-state index contributed by atoms with van der Waals surface area (Å²) < 4.78 is 12.2. The molecule has 0 aliphatic carbocycles. The Morgan fingerprint density at radius 1 is 1.00 bits per heavy atom. The number of rotatable bonds is 4. The number of amides is 2. The lowest BCUT2D eigenvalue weighted by molar-refractivity contribution is 0.262. The molecule has 0 radical (unpaired) electrons. The van der Waals surface area contributed by atoms with Crippen LogP contribution in [0.5, 0.6) is 11.5 Å². The van der Waals surface area contributed by atoms with Gasteiger partial charge in [-0.3, -0.25) is 9.36 Å². The van der Waals surface area contributed by atoms with Gasteiger partial charge in [-0.25, -0.2) is 9.78 Å². The largest absolute Gasteiger partial charge is 0.497 e. The van der Waals surface area contributed by atoms with Crippen LogP contribution < -0.4 is 25.7 Å². The standard InChI is InChI=1S/C21H22N4O4/c1-28-15-9-14(10-16(12-15)29-2)23-21(27)22-13-6-7-18-17(11-13)20(26)25-8-4-3-5-19(25)24-18/h6-7,9-12H,3-5,8H2,1-2H3,(H2,22,23,27). The van der Waals surface area contributed by atoms with Crippen molar-refractivity contribution in [1.29, 1.82) is 0 Å². The fourth-order valence-corrected chi connectivity index (χ4v) is 3.49. The van der Waals surface area contributed by atoms with Crippen molar-refractivity contribution >= 4 is 28.3 Å². The number of anilines is 2. The van der Waals surface area contributed by atoms with Crippen LogP contribution in [0.4, 0.5) is 16.2 Å². The summed E-state index contributed by atoms with van der Waals surface area (Å²) in [6.45, 7) is 0.687. The van der Waals surface area contributed by atoms with E-state index in [-0.39, 0.29) is 5.56 Å². The lowest BCUT2D eigenvalue weighted by Gasteiger charge is -2.18. The van der Waals surface area contributed by atoms with Crippen LogP contribution in [-0.2, 0) is 13.0 Å². The first-order chi connectivity index (χ1) is 14.1. The average molecular weight is 394 g/mol. The van der Waals surface area contributed by atoms with Crippen LogP contribution in [0.15, 0.2) is 41.2 Å². The number of nitrogens with zero attached hydrogens (tertiary/aromatic N) is 2. The van der Waals surface area contributed by atoms with Crippen molar-refractivity contribution in [3.05, 3.63) is 52.6 Å². The summed E-state index contributed by atoms with van der Waals surface area (Å²) in [5, 5.41) is 6.00. The maximum atomic E-state index is 12.8. The third kappa shape index (κ3) is 3.87. The highest BCUT2D eigenvalue weighted by molar-refractivity contribution is 6.01. The van der Waals surface area contributed by atoms with E-state index in [0.717, 1.165) is 25.1 Å². The first-order valence-corrected chi connectivity index (χ1v) is 9.42. The molecular formula is C21H22N4O4. The molecule has 150 valence electrons. The van der Waals surface area contributed by atoms with E-state index >= 15 is 0 Å². The second-order valence-corrected chi connectivity index (χ2v) is 6.85. The summed E-state index contributed by atoms with van der Waals surface area (Å²) >= 11 is 0. The van der Waals surface area contributed by atoms with Crippen LogP contribution in [0.3, 0.4) is 0 Å². The minimum absolute atomic E-state index is 0.0636. The van der Waals surface area contributed by atoms with Gasteiger partial charge in [0.1, 0.15) is 17.3 Å². The molecule has 2 N–H and O–H groups in total. The van der Waals surface area contributed by atoms with E-state index in [9.17, 15) is 9.59 Å². The first kappa shape index (κ1) is 18.8. The zero-order valence-electron chi connectivity index (χ0n) is 16.3. The number of ether oxygens (including phenoxy) is 2. The third-order valence-corrected chi connectivity index (χ3v) is 4.93. The van der Waals surface area contributed by atoms with Gasteiger partial charge in [0.05, 0.1) is 25.1 Å². The molecule has 4 rings (SSSR count). The number of aryl methyl sites for hydroxylation is 1. The molecule has 3 aromatic rings. The molecule has 1 aromatic heterocycles. The fourth-order valence-electron chi connectivity index (χ4n) is 3.49. The second-order valence-electron chi connectivity index (χ2n) is 6.85. The van der Waals surface area contributed by atoms with Gasteiger partial charge in [-0.1, -0.05) is 0 Å². The molecule has 0 unspecified atom stereocenters. The first-order valence-electron chi connectivity index (χ1n) is 9.42. The number of hydrogen-bond acceptors (Lipinski definition) is 5. The maximum Gasteiger partial charge on any atom is 0.323 e. The van der Waals surface area contributed by atoms with E-state index in [2.05, 4.69) is 15.6 Å². The van der Waals surface area contributed by atoms with Gasteiger partial charge >= 0.3 is 6.03 Å². The molecule has 0 atom stereocenters. The van der Waals surface area contributed by atoms with Crippen molar-refractivity contribution in [2.45, 2.75) is 25.8 Å². The highest BCUT2D eigenvalue weighted by Gasteiger charge is 2.15. The Morgan fingerprint density at radius 2 is 1.72 bits per heavy atom. The van der Waals surface area contributed by atoms with Crippen LogP contribution in [0.2, 0.25) is 0 Å². The van der Waals surface area contributed by atoms with Gasteiger partial charge in [0.2, 0.25) is 0 Å². The van der Waals surface area contributed by atoms with Gasteiger partial charge in [-0.05, 0) is 31.0 Å². The Hall–Kier alpha value is -3.55. The van der Waals surface area contributed by atoms with Crippen LogP contribution >= 0.6 is 0 Å². The second kappa shape index (κ2) is 7.83. The van der Waals surface area contributed by atoms with Gasteiger partial charge < -0.3 is 20.1 Å². The number of hydrogen-bond donors (Lipinski definition) is 2. The Kier molecular flexibility index (Phi) is 5.07. The average Bonchev–Trinajstić information content (AvgIpc) is 2.74. The number of nitrogens with one attached hydrogen (secondary N) is 2. The Morgan fingerprint density at radius 3 is 2.45 bits per heavy atom. The summed E-state index contributed by atoms with van der Waals surface area (Å²) in [6, 6.07) is 9.81. The summed E-state index contributed by atoms with van der Waals surface area (Å²) in [7, 11) is 3.08. The number of urea groups is 1. The topological polar surface area (TPSA) is 94.5 Å². The molecule has 2 aromatic carbocycles. The van der Waals surface area contributed by atoms with Crippen molar-refractivity contribution < 1.29 is 14.3 Å². The minimum Gasteiger partial charge on any atom is -0.497 e. The van der Waals surface area contributed by atoms with Crippen LogP contribution in [0.1, 0.15) is 18.7 Å². The molecule has 0 bridgehead atoms. The number of fused-ring (bicyclic) bond motifs is 2. The quantitative estimate of drug-likeness (QED) is 0.707. The van der Waals surface area contributed by atoms with Gasteiger partial charge in [0, 0.05) is 42.5 Å². The van der Waals surface area contributed by atoms with Gasteiger partial charge in [0.15, 0.2) is 0 Å². The fraction of sp³-hybridized carbons (Fsp3) is 0.286. The third-order valence-electron chi connectivity index (χ3n) is 4.93. The highest BCUT2D eigenvalue weighted by atomic mass is 16.5. The molecule has 29 heavy (non-hydrogen) atoms. The molecule has 8 heteroatoms. The molecule has 1 aliphatic heterocycles. The maximum absolute atomic E-state index is 12.8. The van der Waals surface area contributed by atoms with Gasteiger partial charge in [-0.15, -0.1) is 0 Å². The van der Waals surface area contributed by atoms with Crippen molar-refractivity contribution in [3.8, 4) is 11.5 Å². The van der Waals surface area contributed by atoms with Crippen LogP contribution in [0.25, 0.3) is 10.9 Å². The number of methoxy groups -OCH3 is 2. The summed E-state index contributed by atoms with van der Waals surface area (Å²) in [5.74, 6) is 1.96. The summed E-state index contributed by atoms with van der Waals surface area (Å²) in [5.41, 5.74) is 1.62. The molecule has 0 fully saturated rings. The normalized spacial score (nSPS) is 12.9. The number of aromatic nitrogens is 2. The van der Waals surface area contributed by atoms with E-state index in [1.165, 1.54) is 0 Å². The molecule has 2 heterocycles. The highest BCUT2D eigenvalue weighted by Crippen LogP contribution is 2.26. The number of carbonyl (C=O) groups is 1. The SMILES string of the molecule is COc1cc(NC(=O)Nc2ccc3nc4n(c(=O)c3c2)CCCC4)cc(OC)c1. The lowest BCUT2D eigenvalue weighted by Crippen LogP contribution is -2.28. The van der Waals surface area contributed by atoms with Crippen molar-refractivity contribution in [2.75, 3.05) is 24.9 Å². The van der Waals surface area contributed by atoms with Gasteiger partial charge in [0.25, 0.3) is 5.56 Å². The zero-order chi connectivity index (χ0) is 20.4. The van der Waals surface area contributed by atoms with Crippen molar-refractivity contribution in [2.24, 2.45) is 0 Å². The van der Waals surface area contributed by atoms with E-state index < -0.39 is 6.03 Å². The minimum atomic E-state index is -0.439. The smallest absolute Gasteiger partial charge is 0.323 e. The van der Waals surface area contributed by atoms with Crippen molar-refractivity contribution in [1.82, 2.24) is 9.55 Å². The van der Waals surface area contributed by atoms with Gasteiger partial charge in [-0.2, -0.15) is 0 Å². The zero-order valence-corrected chi connectivity index (χ0v) is 16.3. The van der Waals surface area contributed by atoms with E-state index in [1.807, 2.05) is 0 Å². The molecule has 2 amide bonds. The Bertz CT molecular complexity index is 1120. The van der Waals surface area contributed by atoms with E-state index in [4.69, 9.17) is 9.47 Å². The monoisotopic (exact) mass is 394 g/mol. The lowest BCUT2D eigenvalue weighted by atomic mass is 10.1. The van der Waals surface area contributed by atoms with Crippen LogP contribution in [-0.4, -0.2) is 29.8 Å². The number of carbonyl (C=O) groups excluding carboxylic acids is 1. The van der Waals surface area contributed by atoms with Crippen molar-refractivity contribution in [3.63, 3.8) is 0 Å². The number of benzene rings is 2. The van der Waals surface area contributed by atoms with E-state index in [0.29, 0.717) is 40.3 Å². The molecule has 0 saturated heterocycles. The molecule has 1 aliphatic rings. The van der Waals surface area contributed by atoms with E-state index in [1.54, 1.807) is 55.2 Å².